The summed E-state index contributed by atoms with van der Waals surface area (Å²) in [6.07, 6.45) is 3.15. The third kappa shape index (κ3) is 5.94. The zero-order valence-electron chi connectivity index (χ0n) is 26.3. The molecule has 5 rings (SSSR count). The van der Waals surface area contributed by atoms with Gasteiger partial charge in [-0.05, 0) is 69.5 Å². The van der Waals surface area contributed by atoms with Crippen molar-refractivity contribution in [3.63, 3.8) is 0 Å². The van der Waals surface area contributed by atoms with E-state index in [1.165, 1.54) is 15.9 Å². The van der Waals surface area contributed by atoms with Gasteiger partial charge in [0.25, 0.3) is 8.32 Å². The summed E-state index contributed by atoms with van der Waals surface area (Å²) in [5, 5.41) is 2.59. The predicted molar refractivity (Wildman–Crippen MR) is 175 cm³/mol. The van der Waals surface area contributed by atoms with Crippen molar-refractivity contribution in [2.45, 2.75) is 72.5 Å². The molecule has 0 radical (unpaired) electrons. The maximum absolute atomic E-state index is 13.5. The summed E-state index contributed by atoms with van der Waals surface area (Å²) in [5.41, 5.74) is 2.36. The van der Waals surface area contributed by atoms with E-state index in [-0.39, 0.29) is 16.7 Å². The molecule has 0 saturated heterocycles. The number of benzene rings is 3. The van der Waals surface area contributed by atoms with E-state index in [9.17, 15) is 4.79 Å². The van der Waals surface area contributed by atoms with Gasteiger partial charge in [-0.15, -0.1) is 0 Å². The molecule has 0 heterocycles. The second kappa shape index (κ2) is 12.7. The average molecular weight is 581 g/mol. The van der Waals surface area contributed by atoms with E-state index < -0.39 is 8.32 Å². The molecule has 0 spiro atoms. The smallest absolute Gasteiger partial charge is 0.261 e. The normalized spacial score (nSPS) is 23.8. The Morgan fingerprint density at radius 2 is 1.36 bits per heavy atom. The van der Waals surface area contributed by atoms with Crippen LogP contribution in [0, 0.1) is 29.6 Å². The molecule has 42 heavy (non-hydrogen) atoms. The third-order valence-corrected chi connectivity index (χ3v) is 14.9. The lowest BCUT2D eigenvalue weighted by molar-refractivity contribution is -0.124. The third-order valence-electron chi connectivity index (χ3n) is 9.86. The SMILES string of the molecule is CC1CC2C(=C(OCc3ccccc3)C1=O)[C@@H](C)CC[C@@H]2[C@@H](C)CO[Si](c1ccccc1)(c1ccccc1)C(C)(C)C. The van der Waals surface area contributed by atoms with E-state index in [1.54, 1.807) is 0 Å². The average Bonchev–Trinajstić information content (AvgIpc) is 2.99. The number of carbonyl (C=O) groups excluding carboxylic acids is 1. The second-order valence-corrected chi connectivity index (χ2v) is 18.1. The maximum atomic E-state index is 13.5. The molecule has 2 aliphatic carbocycles. The van der Waals surface area contributed by atoms with Crippen molar-refractivity contribution in [3.05, 3.63) is 108 Å². The largest absolute Gasteiger partial charge is 0.485 e. The number of ether oxygens (including phenoxy) is 1. The van der Waals surface area contributed by atoms with Crippen molar-refractivity contribution in [2.75, 3.05) is 6.61 Å². The van der Waals surface area contributed by atoms with E-state index in [0.29, 0.717) is 42.6 Å². The Bertz CT molecular complexity index is 1320. The fourth-order valence-corrected chi connectivity index (χ4v) is 12.3. The molecular weight excluding hydrogens is 533 g/mol. The van der Waals surface area contributed by atoms with Gasteiger partial charge in [0.2, 0.25) is 0 Å². The minimum absolute atomic E-state index is 0.0258. The highest BCUT2D eigenvalue weighted by Crippen LogP contribution is 2.50. The van der Waals surface area contributed by atoms with Crippen molar-refractivity contribution in [1.29, 1.82) is 0 Å². The Morgan fingerprint density at radius 1 is 0.810 bits per heavy atom. The van der Waals surface area contributed by atoms with Crippen LogP contribution >= 0.6 is 0 Å². The summed E-state index contributed by atoms with van der Waals surface area (Å²) in [7, 11) is -2.61. The Hall–Kier alpha value is -2.95. The molecule has 3 aromatic carbocycles. The number of hydrogen-bond acceptors (Lipinski definition) is 3. The van der Waals surface area contributed by atoms with Gasteiger partial charge >= 0.3 is 0 Å². The lowest BCUT2D eigenvalue weighted by Gasteiger charge is -2.47. The molecule has 0 aromatic heterocycles. The van der Waals surface area contributed by atoms with Crippen molar-refractivity contribution in [1.82, 2.24) is 0 Å². The topological polar surface area (TPSA) is 35.5 Å². The minimum atomic E-state index is -2.61. The minimum Gasteiger partial charge on any atom is -0.485 e. The molecule has 3 aromatic rings. The van der Waals surface area contributed by atoms with Crippen molar-refractivity contribution < 1.29 is 14.0 Å². The first-order chi connectivity index (χ1) is 20.1. The number of ketones is 1. The summed E-state index contributed by atoms with van der Waals surface area (Å²) >= 11 is 0. The monoisotopic (exact) mass is 580 g/mol. The molecule has 5 atom stereocenters. The predicted octanol–water partition coefficient (Wildman–Crippen LogP) is 7.94. The van der Waals surface area contributed by atoms with E-state index in [4.69, 9.17) is 9.16 Å². The number of Topliss-reactive ketones (excluding diaryl/α,β-unsaturated/α-hetero) is 1. The first-order valence-corrected chi connectivity index (χ1v) is 17.7. The van der Waals surface area contributed by atoms with Gasteiger partial charge in [0, 0.05) is 12.5 Å². The molecule has 0 bridgehead atoms. The van der Waals surface area contributed by atoms with Gasteiger partial charge in [-0.3, -0.25) is 4.79 Å². The number of fused-ring (bicyclic) bond motifs is 1. The second-order valence-electron chi connectivity index (χ2n) is 13.8. The van der Waals surface area contributed by atoms with Crippen LogP contribution in [-0.4, -0.2) is 20.7 Å². The van der Waals surface area contributed by atoms with Crippen molar-refractivity contribution in [2.24, 2.45) is 29.6 Å². The Morgan fingerprint density at radius 3 is 1.90 bits per heavy atom. The number of carbonyl (C=O) groups is 1. The summed E-state index contributed by atoms with van der Waals surface area (Å²) in [6, 6.07) is 32.0. The van der Waals surface area contributed by atoms with E-state index >= 15 is 0 Å². The summed E-state index contributed by atoms with van der Waals surface area (Å²) in [4.78, 5) is 13.5. The maximum Gasteiger partial charge on any atom is 0.261 e. The summed E-state index contributed by atoms with van der Waals surface area (Å²) in [5.74, 6) is 2.33. The molecule has 1 fully saturated rings. The molecule has 3 nitrogen and oxygen atoms in total. The van der Waals surface area contributed by atoms with Crippen molar-refractivity contribution >= 4 is 24.5 Å². The summed E-state index contributed by atoms with van der Waals surface area (Å²) in [6.45, 7) is 14.9. The molecular formula is C38H48O3Si. The molecule has 0 N–H and O–H groups in total. The van der Waals surface area contributed by atoms with Crippen molar-refractivity contribution in [3.8, 4) is 0 Å². The Balaban J connectivity index is 1.45. The first kappa shape index (κ1) is 30.5. The van der Waals surface area contributed by atoms with E-state index in [2.05, 4.69) is 114 Å². The zero-order chi connectivity index (χ0) is 29.9. The molecule has 1 saturated carbocycles. The molecule has 2 unspecified atom stereocenters. The fourth-order valence-electron chi connectivity index (χ4n) is 7.65. The Labute approximate surface area is 254 Å². The van der Waals surface area contributed by atoms with Crippen LogP contribution in [0.4, 0.5) is 0 Å². The van der Waals surface area contributed by atoms with Crippen LogP contribution in [0.25, 0.3) is 0 Å². The van der Waals surface area contributed by atoms with E-state index in [0.717, 1.165) is 24.8 Å². The molecule has 0 aliphatic heterocycles. The van der Waals surface area contributed by atoms with E-state index in [1.807, 2.05) is 18.2 Å². The van der Waals surface area contributed by atoms with Gasteiger partial charge in [0.1, 0.15) is 6.61 Å². The number of rotatable bonds is 9. The van der Waals surface area contributed by atoms with Crippen LogP contribution in [0.1, 0.15) is 66.4 Å². The van der Waals surface area contributed by atoms with Gasteiger partial charge in [-0.25, -0.2) is 0 Å². The van der Waals surface area contributed by atoms with Gasteiger partial charge in [0.15, 0.2) is 11.5 Å². The zero-order valence-corrected chi connectivity index (χ0v) is 27.3. The van der Waals surface area contributed by atoms with Crippen LogP contribution in [0.5, 0.6) is 0 Å². The fraction of sp³-hybridized carbons (Fsp3) is 0.447. The quantitative estimate of drug-likeness (QED) is 0.241. The molecule has 0 amide bonds. The van der Waals surface area contributed by atoms with Crippen LogP contribution in [0.15, 0.2) is 102 Å². The number of hydrogen-bond donors (Lipinski definition) is 0. The lowest BCUT2D eigenvalue weighted by Crippen LogP contribution is -2.67. The van der Waals surface area contributed by atoms with Gasteiger partial charge < -0.3 is 9.16 Å². The van der Waals surface area contributed by atoms with Gasteiger partial charge in [0.05, 0.1) is 0 Å². The highest BCUT2D eigenvalue weighted by Gasteiger charge is 2.51. The van der Waals surface area contributed by atoms with Gasteiger partial charge in [-0.2, -0.15) is 0 Å². The van der Waals surface area contributed by atoms with Crippen LogP contribution in [0.3, 0.4) is 0 Å². The van der Waals surface area contributed by atoms with Crippen LogP contribution in [-0.2, 0) is 20.6 Å². The van der Waals surface area contributed by atoms with Crippen LogP contribution in [0.2, 0.25) is 5.04 Å². The number of allylic oxidation sites excluding steroid dienone is 2. The molecule has 222 valence electrons. The van der Waals surface area contributed by atoms with Crippen LogP contribution < -0.4 is 10.4 Å². The standard InChI is InChI=1S/C38H48O3Si/c1-27-22-23-33(34-24-28(2)36(39)37(35(27)34)40-26-30-16-10-7-11-17-30)29(3)25-41-42(38(4,5)6,31-18-12-8-13-19-31)32-20-14-9-15-21-32/h7-21,27-29,33-34H,22-26H2,1-6H3/t27-,28?,29-,33+,34?/m0/s1. The molecule has 4 heteroatoms. The highest BCUT2D eigenvalue weighted by atomic mass is 28.4. The Kier molecular flexibility index (Phi) is 9.25. The first-order valence-electron chi connectivity index (χ1n) is 15.8. The van der Waals surface area contributed by atoms with Gasteiger partial charge in [-0.1, -0.05) is 133 Å². The lowest BCUT2D eigenvalue weighted by atomic mass is 9.61. The highest BCUT2D eigenvalue weighted by molar-refractivity contribution is 6.99. The molecule has 2 aliphatic rings. The summed E-state index contributed by atoms with van der Waals surface area (Å²) < 4.78 is 13.8.